The lowest BCUT2D eigenvalue weighted by atomic mass is 9.47. The lowest BCUT2D eigenvalue weighted by Gasteiger charge is -2.57. The molecule has 1 N–H and O–H groups in total. The Hall–Kier alpha value is -2.40. The van der Waals surface area contributed by atoms with E-state index in [1.165, 1.54) is 35.1 Å². The van der Waals surface area contributed by atoms with E-state index in [-0.39, 0.29) is 29.3 Å². The molecule has 2 aromatic rings. The fraction of sp³-hybridized carbons (Fsp3) is 0.625. The largest absolute Gasteiger partial charge is 0.462 e. The van der Waals surface area contributed by atoms with Crippen LogP contribution in [0, 0.1) is 28.6 Å². The molecule has 7 atom stereocenters. The monoisotopic (exact) mass is 502 g/mol. The first-order chi connectivity index (χ1) is 17.7. The van der Waals surface area contributed by atoms with Crippen molar-refractivity contribution in [1.82, 2.24) is 9.78 Å². The zero-order chi connectivity index (χ0) is 25.9. The quantitative estimate of drug-likeness (QED) is 0.369. The number of aliphatic hydroxyl groups is 1. The van der Waals surface area contributed by atoms with Crippen LogP contribution in [-0.2, 0) is 16.6 Å². The van der Waals surface area contributed by atoms with Crippen LogP contribution in [0.4, 0.5) is 0 Å². The number of ether oxygens (including phenoxy) is 1. The maximum Gasteiger partial charge on any atom is 0.308 e. The Morgan fingerprint density at radius 3 is 2.73 bits per heavy atom. The lowest BCUT2D eigenvalue weighted by Crippen LogP contribution is -2.50. The maximum absolute atomic E-state index is 12.3. The Morgan fingerprint density at radius 2 is 1.92 bits per heavy atom. The van der Waals surface area contributed by atoms with E-state index in [2.05, 4.69) is 62.0 Å². The fourth-order valence-corrected chi connectivity index (χ4v) is 8.70. The van der Waals surface area contributed by atoms with Crippen molar-refractivity contribution in [2.75, 3.05) is 0 Å². The molecule has 4 aliphatic rings. The van der Waals surface area contributed by atoms with Gasteiger partial charge in [0.15, 0.2) is 0 Å². The van der Waals surface area contributed by atoms with Crippen LogP contribution in [0.2, 0.25) is 0 Å². The number of hydrogen-bond acceptors (Lipinski definition) is 4. The van der Waals surface area contributed by atoms with Crippen LogP contribution < -0.4 is 0 Å². The predicted molar refractivity (Wildman–Crippen MR) is 147 cm³/mol. The second kappa shape index (κ2) is 9.11. The molecule has 4 aliphatic carbocycles. The summed E-state index contributed by atoms with van der Waals surface area (Å²) in [5.41, 5.74) is 5.82. The topological polar surface area (TPSA) is 64.3 Å². The molecule has 0 spiro atoms. The summed E-state index contributed by atoms with van der Waals surface area (Å²) in [4.78, 5) is 12.3. The molecule has 0 amide bonds. The van der Waals surface area contributed by atoms with Gasteiger partial charge in [-0.25, -0.2) is 0 Å². The number of esters is 1. The molecule has 5 heteroatoms. The molecular formula is C32H42N2O3. The van der Waals surface area contributed by atoms with E-state index in [0.29, 0.717) is 24.2 Å². The van der Waals surface area contributed by atoms with Crippen molar-refractivity contribution in [2.24, 2.45) is 35.6 Å². The molecule has 0 radical (unpaired) electrons. The van der Waals surface area contributed by atoms with E-state index in [0.717, 1.165) is 37.6 Å². The molecule has 1 aromatic carbocycles. The highest BCUT2D eigenvalue weighted by atomic mass is 16.5. The third-order valence-corrected chi connectivity index (χ3v) is 10.8. The summed E-state index contributed by atoms with van der Waals surface area (Å²) in [5.74, 6) is 1.80. The first kappa shape index (κ1) is 24.9. The van der Waals surface area contributed by atoms with E-state index < -0.39 is 6.10 Å². The summed E-state index contributed by atoms with van der Waals surface area (Å²) in [5, 5.41) is 15.9. The normalized spacial score (nSPS) is 35.7. The summed E-state index contributed by atoms with van der Waals surface area (Å²) < 4.78 is 7.93. The van der Waals surface area contributed by atoms with Crippen molar-refractivity contribution in [3.05, 3.63) is 47.7 Å². The summed E-state index contributed by atoms with van der Waals surface area (Å²) in [6, 6.07) is 8.56. The Bertz CT molecular complexity index is 1270. The first-order valence-electron chi connectivity index (χ1n) is 14.4. The van der Waals surface area contributed by atoms with Crippen molar-refractivity contribution in [3.8, 4) is 0 Å². The zero-order valence-electron chi connectivity index (χ0n) is 22.9. The minimum Gasteiger partial charge on any atom is -0.462 e. The van der Waals surface area contributed by atoms with Crippen LogP contribution in [0.5, 0.6) is 0 Å². The average Bonchev–Trinajstić information content (AvgIpc) is 3.39. The Balaban J connectivity index is 1.22. The Morgan fingerprint density at radius 1 is 1.14 bits per heavy atom. The number of nitrogens with zero attached hydrogens (tertiary/aromatic N) is 2. The summed E-state index contributed by atoms with van der Waals surface area (Å²) >= 11 is 0. The van der Waals surface area contributed by atoms with E-state index in [1.54, 1.807) is 0 Å². The van der Waals surface area contributed by atoms with Gasteiger partial charge < -0.3 is 9.84 Å². The average molecular weight is 503 g/mol. The van der Waals surface area contributed by atoms with E-state index in [4.69, 9.17) is 9.84 Å². The number of rotatable bonds is 5. The van der Waals surface area contributed by atoms with Crippen LogP contribution in [0.15, 0.2) is 42.0 Å². The predicted octanol–water partition coefficient (Wildman–Crippen LogP) is 6.60. The highest BCUT2D eigenvalue weighted by molar-refractivity contribution is 5.92. The van der Waals surface area contributed by atoms with Crippen LogP contribution in [0.1, 0.15) is 84.3 Å². The van der Waals surface area contributed by atoms with Gasteiger partial charge in [-0.2, -0.15) is 5.10 Å². The molecule has 5 nitrogen and oxygen atoms in total. The molecule has 2 saturated carbocycles. The number of aliphatic hydroxyl groups excluding tert-OH is 1. The van der Waals surface area contributed by atoms with Crippen molar-refractivity contribution in [1.29, 1.82) is 0 Å². The van der Waals surface area contributed by atoms with Gasteiger partial charge in [-0.15, -0.1) is 0 Å². The molecule has 4 unspecified atom stereocenters. The molecule has 0 saturated heterocycles. The van der Waals surface area contributed by atoms with Gasteiger partial charge in [0.25, 0.3) is 0 Å². The van der Waals surface area contributed by atoms with Crippen molar-refractivity contribution >= 4 is 22.4 Å². The van der Waals surface area contributed by atoms with E-state index >= 15 is 0 Å². The second-order valence-corrected chi connectivity index (χ2v) is 12.7. The number of aromatic nitrogens is 2. The number of carbonyl (C=O) groups is 1. The molecule has 37 heavy (non-hydrogen) atoms. The molecular weight excluding hydrogens is 460 g/mol. The highest BCUT2D eigenvalue weighted by Gasteiger charge is 2.57. The molecule has 198 valence electrons. The van der Waals surface area contributed by atoms with E-state index in [1.807, 2.05) is 6.92 Å². The summed E-state index contributed by atoms with van der Waals surface area (Å²) in [7, 11) is 2.10. The third-order valence-electron chi connectivity index (χ3n) is 10.8. The SMILES string of the molecule is CCC(O)CC(=O)O[C@H]1CC[C@@]2(C)C(=CCC3C2CC[C@]2(C)C(c4c5ccccc5nn4C)=CCC32)C1. The van der Waals surface area contributed by atoms with Gasteiger partial charge in [0.2, 0.25) is 0 Å². The molecule has 2 fully saturated rings. The molecule has 1 aromatic heterocycles. The second-order valence-electron chi connectivity index (χ2n) is 12.7. The number of allylic oxidation sites excluding steroid dienone is 3. The number of carbonyl (C=O) groups excluding carboxylic acids is 1. The van der Waals surface area contributed by atoms with E-state index in [9.17, 15) is 9.90 Å². The third kappa shape index (κ3) is 3.91. The van der Waals surface area contributed by atoms with Crippen LogP contribution in [0.25, 0.3) is 16.5 Å². The van der Waals surface area contributed by atoms with Gasteiger partial charge in [-0.1, -0.05) is 56.7 Å². The lowest BCUT2D eigenvalue weighted by molar-refractivity contribution is -0.153. The standard InChI is InChI=1S/C32H42N2O3/c1-5-21(35)19-29(36)37-22-14-16-31(2)20(18-22)10-11-23-25-12-13-27(32(25,3)17-15-26(23)31)30-24-8-6-7-9-28(24)33-34(30)4/h6-10,13,21-23,25-26,35H,5,11-12,14-19H2,1-4H3/t21?,22-,23?,25?,26?,31-,32-/m0/s1. The van der Waals surface area contributed by atoms with Gasteiger partial charge in [0, 0.05) is 18.9 Å². The Kier molecular flexibility index (Phi) is 6.13. The number of benzene rings is 1. The van der Waals surface area contributed by atoms with Crippen molar-refractivity contribution in [2.45, 2.75) is 90.8 Å². The van der Waals surface area contributed by atoms with Crippen molar-refractivity contribution in [3.63, 3.8) is 0 Å². The summed E-state index contributed by atoms with van der Waals surface area (Å²) in [6.07, 6.45) is 12.8. The highest BCUT2D eigenvalue weighted by Crippen LogP contribution is 2.66. The smallest absolute Gasteiger partial charge is 0.308 e. The number of aryl methyl sites for hydroxylation is 1. The molecule has 0 bridgehead atoms. The first-order valence-corrected chi connectivity index (χ1v) is 14.4. The molecule has 6 rings (SSSR count). The minimum absolute atomic E-state index is 0.0424. The fourth-order valence-electron chi connectivity index (χ4n) is 8.70. The Labute approximate surface area is 221 Å². The van der Waals surface area contributed by atoms with Crippen molar-refractivity contribution < 1.29 is 14.6 Å². The van der Waals surface area contributed by atoms with Gasteiger partial charge in [0.1, 0.15) is 6.10 Å². The zero-order valence-corrected chi connectivity index (χ0v) is 22.9. The number of hydrogen-bond donors (Lipinski definition) is 1. The van der Waals surface area contributed by atoms with Gasteiger partial charge in [0.05, 0.1) is 23.7 Å². The van der Waals surface area contributed by atoms with Crippen LogP contribution in [0.3, 0.4) is 0 Å². The molecule has 0 aliphatic heterocycles. The van der Waals surface area contributed by atoms with Gasteiger partial charge in [-0.05, 0) is 85.2 Å². The van der Waals surface area contributed by atoms with Gasteiger partial charge >= 0.3 is 5.97 Å². The van der Waals surface area contributed by atoms with Crippen LogP contribution >= 0.6 is 0 Å². The van der Waals surface area contributed by atoms with Crippen LogP contribution in [-0.4, -0.2) is 33.1 Å². The summed E-state index contributed by atoms with van der Waals surface area (Å²) in [6.45, 7) is 6.91. The maximum atomic E-state index is 12.3. The minimum atomic E-state index is -0.596. The number of fused-ring (bicyclic) bond motifs is 6. The van der Waals surface area contributed by atoms with Gasteiger partial charge in [-0.3, -0.25) is 9.48 Å². The molecule has 1 heterocycles.